The largest absolute Gasteiger partial charge is 0.395 e. The Labute approximate surface area is 102 Å². The summed E-state index contributed by atoms with van der Waals surface area (Å²) >= 11 is 11.7. The van der Waals surface area contributed by atoms with E-state index in [1.165, 1.54) is 0 Å². The highest BCUT2D eigenvalue weighted by atomic mass is 35.5. The predicted octanol–water partition coefficient (Wildman–Crippen LogP) is 2.34. The Morgan fingerprint density at radius 1 is 1.19 bits per heavy atom. The summed E-state index contributed by atoms with van der Waals surface area (Å²) in [4.78, 5) is 8.47. The lowest BCUT2D eigenvalue weighted by Gasteiger charge is -2.05. The van der Waals surface area contributed by atoms with Crippen LogP contribution >= 0.6 is 23.2 Å². The standard InChI is InChI=1S/C10H9Cl2N3O/c11-6-3-8-9(4-7(6)12)15-10(5-14-8)13-1-2-16/h3-5,16H,1-2H2,(H,13,15). The number of aromatic nitrogens is 2. The number of aliphatic hydroxyl groups is 1. The van der Waals surface area contributed by atoms with Crippen molar-refractivity contribution in [3.8, 4) is 0 Å². The number of rotatable bonds is 3. The first-order chi connectivity index (χ1) is 7.70. The molecule has 2 N–H and O–H groups in total. The van der Waals surface area contributed by atoms with Crippen molar-refractivity contribution in [3.05, 3.63) is 28.4 Å². The molecule has 0 bridgehead atoms. The van der Waals surface area contributed by atoms with Crippen LogP contribution in [-0.4, -0.2) is 28.2 Å². The Balaban J connectivity index is 2.41. The molecule has 6 heteroatoms. The van der Waals surface area contributed by atoms with E-state index in [1.54, 1.807) is 18.3 Å². The molecule has 0 fully saturated rings. The summed E-state index contributed by atoms with van der Waals surface area (Å²) in [6.07, 6.45) is 1.59. The average Bonchev–Trinajstić information content (AvgIpc) is 2.28. The molecule has 84 valence electrons. The van der Waals surface area contributed by atoms with Gasteiger partial charge in [0.25, 0.3) is 0 Å². The monoisotopic (exact) mass is 257 g/mol. The number of halogens is 2. The Bertz CT molecular complexity index is 519. The predicted molar refractivity (Wildman–Crippen MR) is 65.1 cm³/mol. The molecule has 0 spiro atoms. The fourth-order valence-electron chi connectivity index (χ4n) is 1.28. The number of aliphatic hydroxyl groups excluding tert-OH is 1. The Morgan fingerprint density at radius 3 is 2.56 bits per heavy atom. The molecular formula is C10H9Cl2N3O. The van der Waals surface area contributed by atoms with Gasteiger partial charge in [-0.1, -0.05) is 23.2 Å². The van der Waals surface area contributed by atoms with Gasteiger partial charge in [-0.05, 0) is 12.1 Å². The highest BCUT2D eigenvalue weighted by Gasteiger charge is 2.04. The number of nitrogens with zero attached hydrogens (tertiary/aromatic N) is 2. The van der Waals surface area contributed by atoms with E-state index in [0.717, 1.165) is 0 Å². The van der Waals surface area contributed by atoms with Crippen LogP contribution in [0.1, 0.15) is 0 Å². The first-order valence-electron chi connectivity index (χ1n) is 4.67. The summed E-state index contributed by atoms with van der Waals surface area (Å²) in [6, 6.07) is 3.33. The second kappa shape index (κ2) is 4.82. The van der Waals surface area contributed by atoms with Crippen molar-refractivity contribution in [3.63, 3.8) is 0 Å². The summed E-state index contributed by atoms with van der Waals surface area (Å²) < 4.78 is 0. The second-order valence-corrected chi connectivity index (χ2v) is 3.98. The van der Waals surface area contributed by atoms with Crippen molar-refractivity contribution in [1.82, 2.24) is 9.97 Å². The Kier molecular flexibility index (Phi) is 3.43. The third-order valence-corrected chi connectivity index (χ3v) is 2.72. The maximum Gasteiger partial charge on any atom is 0.145 e. The summed E-state index contributed by atoms with van der Waals surface area (Å²) in [5.74, 6) is 0.597. The van der Waals surface area contributed by atoms with E-state index in [9.17, 15) is 0 Å². The lowest BCUT2D eigenvalue weighted by atomic mass is 10.3. The molecule has 0 radical (unpaired) electrons. The van der Waals surface area contributed by atoms with Gasteiger partial charge in [0.05, 0.1) is 33.9 Å². The van der Waals surface area contributed by atoms with E-state index in [1.807, 2.05) is 0 Å². The van der Waals surface area contributed by atoms with Gasteiger partial charge in [0.2, 0.25) is 0 Å². The number of benzene rings is 1. The molecule has 0 saturated carbocycles. The van der Waals surface area contributed by atoms with Crippen LogP contribution in [0.3, 0.4) is 0 Å². The molecule has 2 rings (SSSR count). The van der Waals surface area contributed by atoms with Gasteiger partial charge in [-0.15, -0.1) is 0 Å². The lowest BCUT2D eigenvalue weighted by Crippen LogP contribution is -2.07. The molecule has 1 aromatic heterocycles. The molecule has 0 unspecified atom stereocenters. The number of fused-ring (bicyclic) bond motifs is 1. The van der Waals surface area contributed by atoms with Crippen LogP contribution in [0, 0.1) is 0 Å². The molecule has 0 amide bonds. The number of anilines is 1. The van der Waals surface area contributed by atoms with E-state index in [4.69, 9.17) is 28.3 Å². The number of nitrogens with one attached hydrogen (secondary N) is 1. The topological polar surface area (TPSA) is 58.0 Å². The van der Waals surface area contributed by atoms with Crippen molar-refractivity contribution in [1.29, 1.82) is 0 Å². The van der Waals surface area contributed by atoms with Gasteiger partial charge >= 0.3 is 0 Å². The van der Waals surface area contributed by atoms with E-state index in [2.05, 4.69) is 15.3 Å². The molecule has 0 atom stereocenters. The van der Waals surface area contributed by atoms with Crippen LogP contribution in [0.5, 0.6) is 0 Å². The Morgan fingerprint density at radius 2 is 1.88 bits per heavy atom. The third kappa shape index (κ3) is 2.35. The molecule has 0 saturated heterocycles. The highest BCUT2D eigenvalue weighted by molar-refractivity contribution is 6.42. The van der Waals surface area contributed by atoms with Crippen molar-refractivity contribution in [2.75, 3.05) is 18.5 Å². The summed E-state index contributed by atoms with van der Waals surface area (Å²) in [6.45, 7) is 0.475. The molecule has 0 aliphatic carbocycles. The first kappa shape index (κ1) is 11.4. The molecule has 16 heavy (non-hydrogen) atoms. The smallest absolute Gasteiger partial charge is 0.145 e. The maximum atomic E-state index is 8.67. The van der Waals surface area contributed by atoms with Crippen molar-refractivity contribution < 1.29 is 5.11 Å². The zero-order chi connectivity index (χ0) is 11.5. The van der Waals surface area contributed by atoms with Crippen molar-refractivity contribution in [2.45, 2.75) is 0 Å². The van der Waals surface area contributed by atoms with Crippen molar-refractivity contribution in [2.24, 2.45) is 0 Å². The summed E-state index contributed by atoms with van der Waals surface area (Å²) in [5, 5.41) is 12.5. The minimum atomic E-state index is 0.0427. The quantitative estimate of drug-likeness (QED) is 0.887. The van der Waals surface area contributed by atoms with Gasteiger partial charge in [-0.3, -0.25) is 4.98 Å². The van der Waals surface area contributed by atoms with Gasteiger partial charge in [-0.25, -0.2) is 4.98 Å². The fraction of sp³-hybridized carbons (Fsp3) is 0.200. The molecule has 2 aromatic rings. The first-order valence-corrected chi connectivity index (χ1v) is 5.43. The van der Waals surface area contributed by atoms with E-state index in [-0.39, 0.29) is 6.61 Å². The zero-order valence-corrected chi connectivity index (χ0v) is 9.76. The lowest BCUT2D eigenvalue weighted by molar-refractivity contribution is 0.311. The second-order valence-electron chi connectivity index (χ2n) is 3.16. The minimum Gasteiger partial charge on any atom is -0.395 e. The molecule has 1 aromatic carbocycles. The van der Waals surface area contributed by atoms with Gasteiger partial charge in [0.1, 0.15) is 5.82 Å². The van der Waals surface area contributed by atoms with E-state index < -0.39 is 0 Å². The van der Waals surface area contributed by atoms with E-state index in [0.29, 0.717) is 33.4 Å². The maximum absolute atomic E-state index is 8.67. The average molecular weight is 258 g/mol. The van der Waals surface area contributed by atoms with Crippen LogP contribution in [0.25, 0.3) is 11.0 Å². The fourth-order valence-corrected chi connectivity index (χ4v) is 1.59. The molecule has 0 aliphatic heterocycles. The normalized spacial score (nSPS) is 10.7. The summed E-state index contributed by atoms with van der Waals surface area (Å²) in [7, 11) is 0. The highest BCUT2D eigenvalue weighted by Crippen LogP contribution is 2.26. The van der Waals surface area contributed by atoms with Gasteiger partial charge in [0, 0.05) is 6.54 Å². The zero-order valence-electron chi connectivity index (χ0n) is 8.24. The SMILES string of the molecule is OCCNc1cnc2cc(Cl)c(Cl)cc2n1. The minimum absolute atomic E-state index is 0.0427. The van der Waals surface area contributed by atoms with E-state index >= 15 is 0 Å². The molecule has 4 nitrogen and oxygen atoms in total. The molecular weight excluding hydrogens is 249 g/mol. The number of hydrogen-bond acceptors (Lipinski definition) is 4. The summed E-state index contributed by atoms with van der Waals surface area (Å²) in [5.41, 5.74) is 1.35. The van der Waals surface area contributed by atoms with Crippen LogP contribution < -0.4 is 5.32 Å². The third-order valence-electron chi connectivity index (χ3n) is 2.00. The van der Waals surface area contributed by atoms with Crippen LogP contribution in [0.15, 0.2) is 18.3 Å². The number of hydrogen-bond donors (Lipinski definition) is 2. The Hall–Kier alpha value is -1.10. The van der Waals surface area contributed by atoms with Gasteiger partial charge in [-0.2, -0.15) is 0 Å². The van der Waals surface area contributed by atoms with Crippen LogP contribution in [0.4, 0.5) is 5.82 Å². The molecule has 1 heterocycles. The van der Waals surface area contributed by atoms with Crippen LogP contribution in [-0.2, 0) is 0 Å². The molecule has 0 aliphatic rings. The van der Waals surface area contributed by atoms with Gasteiger partial charge in [0.15, 0.2) is 0 Å². The van der Waals surface area contributed by atoms with Crippen LogP contribution in [0.2, 0.25) is 10.0 Å². The van der Waals surface area contributed by atoms with Crippen molar-refractivity contribution >= 4 is 40.1 Å². The van der Waals surface area contributed by atoms with Gasteiger partial charge < -0.3 is 10.4 Å².